The van der Waals surface area contributed by atoms with Crippen molar-refractivity contribution in [3.05, 3.63) is 48.5 Å². The first kappa shape index (κ1) is 13.1. The lowest BCUT2D eigenvalue weighted by molar-refractivity contribution is 0.530. The Labute approximate surface area is 122 Å². The Morgan fingerprint density at radius 1 is 0.650 bits per heavy atom. The van der Waals surface area contributed by atoms with Crippen LogP contribution in [0.15, 0.2) is 48.5 Å². The van der Waals surface area contributed by atoms with E-state index in [9.17, 15) is 8.42 Å². The van der Waals surface area contributed by atoms with Gasteiger partial charge in [-0.05, 0) is 45.8 Å². The number of benzene rings is 3. The molecular weight excluding hydrogens is 296 g/mol. The quantitative estimate of drug-likeness (QED) is 0.574. The second-order valence-corrected chi connectivity index (χ2v) is 4.84. The maximum atomic E-state index is 10.6. The highest BCUT2D eigenvalue weighted by atomic mass is 32.2. The Bertz CT molecular complexity index is 749. The summed E-state index contributed by atoms with van der Waals surface area (Å²) in [5, 5.41) is 4.05. The van der Waals surface area contributed by atoms with Crippen LogP contribution in [-0.4, -0.2) is 8.42 Å². The maximum absolute atomic E-state index is 10.6. The molecule has 0 radical (unpaired) electrons. The minimum Gasteiger partial charge on any atom is -0.399 e. The van der Waals surface area contributed by atoms with Gasteiger partial charge in [0.15, 0.2) is 35.4 Å². The molecule has 0 amide bonds. The highest BCUT2D eigenvalue weighted by molar-refractivity contribution is 7.61. The predicted octanol–water partition coefficient (Wildman–Crippen LogP) is 2.47. The van der Waals surface area contributed by atoms with E-state index in [-0.39, 0.29) is 11.5 Å². The average Bonchev–Trinajstić information content (AvgIpc) is 2.46. The molecule has 0 aromatic heterocycles. The molecule has 20 heavy (non-hydrogen) atoms. The lowest BCUT2D eigenvalue weighted by atomic mass is 10.0. The third-order valence-electron chi connectivity index (χ3n) is 3.04. The molecule has 102 valence electrons. The fraction of sp³-hybridized carbons (Fsp3) is 0. The monoisotopic (exact) mass is 306 g/mol. The van der Waals surface area contributed by atoms with Crippen molar-refractivity contribution in [3.8, 4) is 11.5 Å². The summed E-state index contributed by atoms with van der Waals surface area (Å²) in [6, 6.07) is 15.4. The van der Waals surface area contributed by atoms with Crippen molar-refractivity contribution < 1.29 is 16.8 Å². The van der Waals surface area contributed by atoms with Gasteiger partial charge in [-0.15, -0.1) is 0 Å². The number of hydrogen-bond donors (Lipinski definition) is 2. The van der Waals surface area contributed by atoms with E-state index in [0.717, 1.165) is 21.5 Å². The minimum absolute atomic E-state index is 0.285. The summed E-state index contributed by atoms with van der Waals surface area (Å²) in [5.74, 6) is 0.570. The van der Waals surface area contributed by atoms with E-state index in [1.54, 1.807) is 12.1 Å². The number of thiol groups is 2. The highest BCUT2D eigenvalue weighted by Gasteiger charge is 2.09. The molecule has 6 heteroatoms. The largest absolute Gasteiger partial charge is 0.399 e. The standard InChI is InChI=1S/C14H10O4S2/c15-19-17-13-7-11-5-9-3-1-2-4-10(9)6-12(11)8-14(13)18-20-16/h1-8,19-20H. The summed E-state index contributed by atoms with van der Waals surface area (Å²) in [6.45, 7) is 0. The van der Waals surface area contributed by atoms with Crippen LogP contribution in [0.2, 0.25) is 0 Å². The van der Waals surface area contributed by atoms with E-state index in [2.05, 4.69) is 0 Å². The van der Waals surface area contributed by atoms with Crippen LogP contribution in [0, 0.1) is 0 Å². The molecule has 0 aliphatic carbocycles. The van der Waals surface area contributed by atoms with Gasteiger partial charge in [0.05, 0.1) is 0 Å². The first-order valence-corrected chi connectivity index (χ1v) is 7.24. The molecule has 0 heterocycles. The van der Waals surface area contributed by atoms with Gasteiger partial charge in [-0.2, -0.15) is 0 Å². The topological polar surface area (TPSA) is 52.6 Å². The Morgan fingerprint density at radius 3 is 1.50 bits per heavy atom. The van der Waals surface area contributed by atoms with Gasteiger partial charge in [-0.3, -0.25) is 0 Å². The molecule has 0 aliphatic rings. The van der Waals surface area contributed by atoms with Crippen molar-refractivity contribution in [1.82, 2.24) is 0 Å². The third kappa shape index (κ3) is 2.39. The Kier molecular flexibility index (Phi) is 3.66. The second-order valence-electron chi connectivity index (χ2n) is 4.18. The van der Waals surface area contributed by atoms with Gasteiger partial charge < -0.3 is 8.37 Å². The van der Waals surface area contributed by atoms with Crippen LogP contribution in [-0.2, 0) is 23.9 Å². The minimum atomic E-state index is -0.487. The smallest absolute Gasteiger partial charge is 0.193 e. The van der Waals surface area contributed by atoms with Crippen LogP contribution in [0.5, 0.6) is 11.5 Å². The molecule has 0 spiro atoms. The van der Waals surface area contributed by atoms with Crippen molar-refractivity contribution in [2.24, 2.45) is 0 Å². The average molecular weight is 306 g/mol. The van der Waals surface area contributed by atoms with E-state index in [1.807, 2.05) is 36.4 Å². The molecule has 3 rings (SSSR count). The first-order valence-electron chi connectivity index (χ1n) is 5.78. The molecule has 4 nitrogen and oxygen atoms in total. The van der Waals surface area contributed by atoms with E-state index in [1.165, 1.54) is 0 Å². The summed E-state index contributed by atoms with van der Waals surface area (Å²) in [5.41, 5.74) is 0. The molecule has 3 aromatic carbocycles. The molecule has 0 saturated carbocycles. The predicted molar refractivity (Wildman–Crippen MR) is 81.8 cm³/mol. The van der Waals surface area contributed by atoms with E-state index >= 15 is 0 Å². The summed E-state index contributed by atoms with van der Waals surface area (Å²) >= 11 is -0.975. The second kappa shape index (κ2) is 5.60. The summed E-state index contributed by atoms with van der Waals surface area (Å²) in [6.07, 6.45) is 0. The van der Waals surface area contributed by atoms with E-state index in [0.29, 0.717) is 0 Å². The van der Waals surface area contributed by atoms with Crippen LogP contribution in [0.4, 0.5) is 0 Å². The zero-order valence-electron chi connectivity index (χ0n) is 10.1. The molecule has 0 N–H and O–H groups in total. The van der Waals surface area contributed by atoms with Crippen LogP contribution in [0.1, 0.15) is 0 Å². The van der Waals surface area contributed by atoms with Crippen molar-refractivity contribution in [2.45, 2.75) is 0 Å². The van der Waals surface area contributed by atoms with Crippen molar-refractivity contribution in [3.63, 3.8) is 0 Å². The van der Waals surface area contributed by atoms with Crippen LogP contribution in [0.25, 0.3) is 21.5 Å². The molecule has 0 bridgehead atoms. The summed E-state index contributed by atoms with van der Waals surface area (Å²) in [7, 11) is 0. The normalized spacial score (nSPS) is 10.8. The molecule has 0 saturated heterocycles. The SMILES string of the molecule is O=[SH]Oc1cc2cc3ccccc3cc2cc1O[SH]=O. The maximum Gasteiger partial charge on any atom is 0.193 e. The Morgan fingerprint density at radius 2 is 1.10 bits per heavy atom. The molecule has 3 aromatic rings. The van der Waals surface area contributed by atoms with Crippen molar-refractivity contribution in [1.29, 1.82) is 0 Å². The fourth-order valence-electron chi connectivity index (χ4n) is 2.17. The summed E-state index contributed by atoms with van der Waals surface area (Å²) in [4.78, 5) is 0. The zero-order chi connectivity index (χ0) is 13.9. The fourth-order valence-corrected chi connectivity index (χ4v) is 2.62. The Hall–Kier alpha value is -1.92. The van der Waals surface area contributed by atoms with E-state index < -0.39 is 23.9 Å². The van der Waals surface area contributed by atoms with Crippen molar-refractivity contribution >= 4 is 45.4 Å². The van der Waals surface area contributed by atoms with Crippen molar-refractivity contribution in [2.75, 3.05) is 0 Å². The third-order valence-corrected chi connectivity index (χ3v) is 3.58. The van der Waals surface area contributed by atoms with Crippen LogP contribution in [0.3, 0.4) is 0 Å². The van der Waals surface area contributed by atoms with Gasteiger partial charge in [-0.1, -0.05) is 24.3 Å². The first-order chi connectivity index (χ1) is 9.81. The van der Waals surface area contributed by atoms with Gasteiger partial charge in [-0.25, -0.2) is 8.42 Å². The summed E-state index contributed by atoms with van der Waals surface area (Å²) < 4.78 is 31.2. The Balaban J connectivity index is 2.28. The van der Waals surface area contributed by atoms with Gasteiger partial charge in [0.2, 0.25) is 0 Å². The van der Waals surface area contributed by atoms with Gasteiger partial charge in [0.25, 0.3) is 0 Å². The van der Waals surface area contributed by atoms with Gasteiger partial charge in [0.1, 0.15) is 0 Å². The number of fused-ring (bicyclic) bond motifs is 2. The molecule has 0 unspecified atom stereocenters. The van der Waals surface area contributed by atoms with Gasteiger partial charge >= 0.3 is 0 Å². The lowest BCUT2D eigenvalue weighted by Crippen LogP contribution is -1.92. The van der Waals surface area contributed by atoms with Crippen LogP contribution >= 0.6 is 0 Å². The highest BCUT2D eigenvalue weighted by Crippen LogP contribution is 2.34. The van der Waals surface area contributed by atoms with E-state index in [4.69, 9.17) is 8.37 Å². The lowest BCUT2D eigenvalue weighted by Gasteiger charge is -2.08. The molecule has 0 fully saturated rings. The number of hydrogen-bond acceptors (Lipinski definition) is 4. The van der Waals surface area contributed by atoms with Gasteiger partial charge in [0, 0.05) is 0 Å². The molecule has 0 aliphatic heterocycles. The molecule has 0 atom stereocenters. The van der Waals surface area contributed by atoms with Crippen LogP contribution < -0.4 is 8.37 Å². The molecular formula is C14H10O4S2. The zero-order valence-corrected chi connectivity index (χ0v) is 11.9. The number of rotatable bonds is 4.